The second-order valence-electron chi connectivity index (χ2n) is 2.56. The minimum Gasteiger partial charge on any atom is -0.494 e. The van der Waals surface area contributed by atoms with Gasteiger partial charge in [-0.1, -0.05) is 0 Å². The summed E-state index contributed by atoms with van der Waals surface area (Å²) in [7, 11) is 1.36. The lowest BCUT2D eigenvalue weighted by atomic mass is 10.1. The summed E-state index contributed by atoms with van der Waals surface area (Å²) in [6, 6.07) is 2.48. The van der Waals surface area contributed by atoms with Crippen molar-refractivity contribution in [3.63, 3.8) is 0 Å². The van der Waals surface area contributed by atoms with Gasteiger partial charge in [0.2, 0.25) is 0 Å². The van der Waals surface area contributed by atoms with E-state index in [0.717, 1.165) is 0 Å². The Morgan fingerprint density at radius 1 is 1.57 bits per heavy atom. The number of benzene rings is 1. The predicted octanol–water partition coefficient (Wildman–Crippen LogP) is 0.777. The summed E-state index contributed by atoms with van der Waals surface area (Å²) >= 11 is 0. The first-order chi connectivity index (χ1) is 6.60. The molecular formula is C8H10N2O4. The van der Waals surface area contributed by atoms with Crippen molar-refractivity contribution in [1.29, 1.82) is 0 Å². The maximum atomic E-state index is 10.6. The Hall–Kier alpha value is -1.95. The molecule has 1 aromatic rings. The quantitative estimate of drug-likeness (QED) is 0.422. The van der Waals surface area contributed by atoms with E-state index in [-0.39, 0.29) is 22.7 Å². The van der Waals surface area contributed by atoms with Crippen LogP contribution in [0.25, 0.3) is 0 Å². The number of carbonyl (C=O) groups is 1. The number of anilines is 2. The summed E-state index contributed by atoms with van der Waals surface area (Å²) in [5.41, 5.74) is 7.56. The van der Waals surface area contributed by atoms with Crippen molar-refractivity contribution < 1.29 is 19.8 Å². The van der Waals surface area contributed by atoms with Gasteiger partial charge in [0.25, 0.3) is 0 Å². The van der Waals surface area contributed by atoms with E-state index in [1.165, 1.54) is 19.2 Å². The number of hydrogen-bond acceptors (Lipinski definition) is 5. The van der Waals surface area contributed by atoms with Gasteiger partial charge >= 0.3 is 5.97 Å². The average molecular weight is 198 g/mol. The van der Waals surface area contributed by atoms with Gasteiger partial charge in [-0.2, -0.15) is 0 Å². The third kappa shape index (κ3) is 1.69. The van der Waals surface area contributed by atoms with Crippen LogP contribution in [-0.4, -0.2) is 23.4 Å². The highest BCUT2D eigenvalue weighted by atomic mass is 16.5. The largest absolute Gasteiger partial charge is 0.494 e. The van der Waals surface area contributed by atoms with Gasteiger partial charge < -0.3 is 15.6 Å². The van der Waals surface area contributed by atoms with Gasteiger partial charge in [-0.05, 0) is 12.1 Å². The van der Waals surface area contributed by atoms with Gasteiger partial charge in [0.1, 0.15) is 11.4 Å². The van der Waals surface area contributed by atoms with Crippen molar-refractivity contribution in [2.75, 3.05) is 18.3 Å². The van der Waals surface area contributed by atoms with Crippen LogP contribution in [0.15, 0.2) is 12.1 Å². The van der Waals surface area contributed by atoms with Crippen molar-refractivity contribution in [3.05, 3.63) is 17.7 Å². The fraction of sp³-hybridized carbons (Fsp3) is 0.125. The first-order valence-electron chi connectivity index (χ1n) is 3.71. The normalized spacial score (nSPS) is 9.57. The minimum absolute atomic E-state index is 0.0207. The SMILES string of the molecule is COc1cc(C(=O)O)cc(NO)c1N. The highest BCUT2D eigenvalue weighted by Gasteiger charge is 2.12. The molecule has 0 spiro atoms. The maximum absolute atomic E-state index is 10.6. The van der Waals surface area contributed by atoms with E-state index in [1.54, 1.807) is 5.48 Å². The number of carboxylic acid groups (broad SMARTS) is 1. The lowest BCUT2D eigenvalue weighted by molar-refractivity contribution is 0.0696. The van der Waals surface area contributed by atoms with Gasteiger partial charge in [-0.3, -0.25) is 10.7 Å². The first kappa shape index (κ1) is 10.1. The summed E-state index contributed by atoms with van der Waals surface area (Å²) in [4.78, 5) is 10.6. The van der Waals surface area contributed by atoms with Crippen LogP contribution in [-0.2, 0) is 0 Å². The lowest BCUT2D eigenvalue weighted by Gasteiger charge is -2.10. The molecule has 14 heavy (non-hydrogen) atoms. The van der Waals surface area contributed by atoms with E-state index in [4.69, 9.17) is 20.8 Å². The zero-order chi connectivity index (χ0) is 10.7. The maximum Gasteiger partial charge on any atom is 0.335 e. The molecule has 0 amide bonds. The highest BCUT2D eigenvalue weighted by Crippen LogP contribution is 2.30. The molecule has 1 aromatic carbocycles. The summed E-state index contributed by atoms with van der Waals surface area (Å²) in [5.74, 6) is -0.929. The monoisotopic (exact) mass is 198 g/mol. The third-order valence-electron chi connectivity index (χ3n) is 1.73. The Kier molecular flexibility index (Phi) is 2.78. The summed E-state index contributed by atoms with van der Waals surface area (Å²) in [5, 5.41) is 17.4. The molecule has 0 atom stereocenters. The third-order valence-corrected chi connectivity index (χ3v) is 1.73. The van der Waals surface area contributed by atoms with Crippen LogP contribution in [0.5, 0.6) is 5.75 Å². The molecule has 0 heterocycles. The standard InChI is InChI=1S/C8H10N2O4/c1-14-6-3-4(8(11)12)2-5(10-13)7(6)9/h2-3,10,13H,9H2,1H3,(H,11,12). The van der Waals surface area contributed by atoms with Crippen LogP contribution in [0.2, 0.25) is 0 Å². The lowest BCUT2D eigenvalue weighted by Crippen LogP contribution is -2.04. The van der Waals surface area contributed by atoms with Crippen molar-refractivity contribution >= 4 is 17.3 Å². The van der Waals surface area contributed by atoms with Gasteiger partial charge in [0, 0.05) is 0 Å². The number of nitrogens with two attached hydrogens (primary N) is 1. The van der Waals surface area contributed by atoms with Crippen LogP contribution >= 0.6 is 0 Å². The smallest absolute Gasteiger partial charge is 0.335 e. The highest BCUT2D eigenvalue weighted by molar-refractivity contribution is 5.92. The van der Waals surface area contributed by atoms with E-state index < -0.39 is 5.97 Å². The molecular weight excluding hydrogens is 188 g/mol. The second kappa shape index (κ2) is 3.84. The minimum atomic E-state index is -1.13. The van der Waals surface area contributed by atoms with Crippen LogP contribution < -0.4 is 16.0 Å². The molecule has 0 aromatic heterocycles. The number of aromatic carboxylic acids is 1. The molecule has 76 valence electrons. The Morgan fingerprint density at radius 2 is 2.21 bits per heavy atom. The Bertz CT molecular complexity index is 339. The summed E-state index contributed by atoms with van der Waals surface area (Å²) in [6.07, 6.45) is 0. The molecule has 0 aliphatic carbocycles. The molecule has 0 saturated heterocycles. The summed E-state index contributed by atoms with van der Waals surface area (Å²) < 4.78 is 4.84. The first-order valence-corrected chi connectivity index (χ1v) is 3.71. The van der Waals surface area contributed by atoms with Gasteiger partial charge in [0.15, 0.2) is 0 Å². The zero-order valence-corrected chi connectivity index (χ0v) is 7.44. The molecule has 0 aliphatic heterocycles. The molecule has 0 fully saturated rings. The van der Waals surface area contributed by atoms with Crippen LogP contribution in [0.1, 0.15) is 10.4 Å². The average Bonchev–Trinajstić information content (AvgIpc) is 2.17. The van der Waals surface area contributed by atoms with E-state index in [1.807, 2.05) is 0 Å². The number of rotatable bonds is 3. The van der Waals surface area contributed by atoms with E-state index in [9.17, 15) is 4.79 Å². The molecule has 0 saturated carbocycles. The van der Waals surface area contributed by atoms with Gasteiger partial charge in [-0.15, -0.1) is 0 Å². The van der Waals surface area contributed by atoms with E-state index >= 15 is 0 Å². The van der Waals surface area contributed by atoms with Crippen molar-refractivity contribution in [3.8, 4) is 5.75 Å². The number of ether oxygens (including phenoxy) is 1. The predicted molar refractivity (Wildman–Crippen MR) is 49.8 cm³/mol. The van der Waals surface area contributed by atoms with Crippen molar-refractivity contribution in [2.24, 2.45) is 0 Å². The fourth-order valence-corrected chi connectivity index (χ4v) is 1.01. The Morgan fingerprint density at radius 3 is 2.64 bits per heavy atom. The molecule has 6 heteroatoms. The van der Waals surface area contributed by atoms with Crippen molar-refractivity contribution in [1.82, 2.24) is 0 Å². The van der Waals surface area contributed by atoms with Crippen molar-refractivity contribution in [2.45, 2.75) is 0 Å². The number of methoxy groups -OCH3 is 1. The number of carboxylic acids is 1. The zero-order valence-electron chi connectivity index (χ0n) is 7.44. The molecule has 0 bridgehead atoms. The number of hydrogen-bond donors (Lipinski definition) is 4. The topological polar surface area (TPSA) is 105 Å². The van der Waals surface area contributed by atoms with E-state index in [2.05, 4.69) is 0 Å². The van der Waals surface area contributed by atoms with Crippen LogP contribution in [0.4, 0.5) is 11.4 Å². The number of nitrogen functional groups attached to an aromatic ring is 1. The molecule has 0 radical (unpaired) electrons. The fourth-order valence-electron chi connectivity index (χ4n) is 1.01. The molecule has 0 aliphatic rings. The Balaban J connectivity index is 3.32. The molecule has 5 N–H and O–H groups in total. The van der Waals surface area contributed by atoms with Gasteiger partial charge in [0.05, 0.1) is 18.4 Å². The molecule has 6 nitrogen and oxygen atoms in total. The van der Waals surface area contributed by atoms with Gasteiger partial charge in [-0.25, -0.2) is 4.79 Å². The summed E-state index contributed by atoms with van der Waals surface area (Å²) in [6.45, 7) is 0. The van der Waals surface area contributed by atoms with Crippen LogP contribution in [0.3, 0.4) is 0 Å². The van der Waals surface area contributed by atoms with E-state index in [0.29, 0.717) is 0 Å². The molecule has 1 rings (SSSR count). The number of nitrogens with one attached hydrogen (secondary N) is 1. The second-order valence-corrected chi connectivity index (χ2v) is 2.56. The van der Waals surface area contributed by atoms with Crippen LogP contribution in [0, 0.1) is 0 Å². The molecule has 0 unspecified atom stereocenters. The Labute approximate surface area is 79.9 Å².